The van der Waals surface area contributed by atoms with Crippen LogP contribution in [0.4, 0.5) is 4.79 Å². The lowest BCUT2D eigenvalue weighted by Crippen LogP contribution is -2.52. The fourth-order valence-corrected chi connectivity index (χ4v) is 13.7. The van der Waals surface area contributed by atoms with E-state index in [-0.39, 0.29) is 96.9 Å². The normalized spacial score (nSPS) is 17.0. The molecule has 5 unspecified atom stereocenters. The maximum atomic E-state index is 14.6. The molecule has 35 heteroatoms. The molecular formula is C58H59ClN16O12S6. The van der Waals surface area contributed by atoms with Crippen molar-refractivity contribution in [2.45, 2.75) is 104 Å². The standard InChI is InChI=1S/C58H58N16O12S6.ClH/c1-9-31(45(78)60-17-25(3)75)64-46(79)35-21-89-54(69-35)39-24-90-53(71-39)33-15-14-30-42(63-33)34-19-91-55(66-34)41(28(6)86-57(84)62-26(4)44(77)61-18-29-13-11-12-16-59-29)73-48(81)37-23-92-56(70-37)43(58(7,8)85)74-49(82)38-22-88-52(68-38)32(10-2)65-50(83)40(27(5)76)72-47(80)36-20-87-51(30)67-36;/h9-16,19-24,26-28,40-41,43,76,85H,17-18H2,1-8H3,(H,60,78)(H,61,77)(H,62,84)(H,64,79)(H,65,83)(H,72,80)(H,73,81)(H,74,82);1H/b31-9-,32-10-;/t26-,27?,28?,40?,41?,43?;/m0./s1. The van der Waals surface area contributed by atoms with E-state index >= 15 is 0 Å². The minimum atomic E-state index is -1.68. The average Bonchev–Trinajstić information content (AvgIpc) is 1.72. The zero-order chi connectivity index (χ0) is 66.1. The van der Waals surface area contributed by atoms with Crippen molar-refractivity contribution in [2.75, 3.05) is 6.54 Å². The Morgan fingerprint density at radius 3 is 1.97 bits per heavy atom. The molecule has 0 saturated heterocycles. The van der Waals surface area contributed by atoms with Crippen molar-refractivity contribution in [3.8, 4) is 43.4 Å². The molecule has 9 heterocycles. The minimum absolute atomic E-state index is 0. The first kappa shape index (κ1) is 69.9. The van der Waals surface area contributed by atoms with Gasteiger partial charge in [0.15, 0.2) is 0 Å². The smallest absolute Gasteiger partial charge is 0.408 e. The van der Waals surface area contributed by atoms with Crippen LogP contribution in [0.3, 0.4) is 0 Å². The van der Waals surface area contributed by atoms with Crippen LogP contribution in [0, 0.1) is 0 Å². The summed E-state index contributed by atoms with van der Waals surface area (Å²) in [4.78, 5) is 158. The van der Waals surface area contributed by atoms with Crippen LogP contribution in [0.25, 0.3) is 49.1 Å². The molecule has 8 aromatic heterocycles. The van der Waals surface area contributed by atoms with Crippen molar-refractivity contribution in [3.63, 3.8) is 0 Å². The number of thiazole rings is 6. The monoisotopic (exact) mass is 1400 g/mol. The number of alkyl carbamates (subject to hydrolysis) is 1. The number of fused-ring (bicyclic) bond motifs is 11. The summed E-state index contributed by atoms with van der Waals surface area (Å²) in [6.07, 6.45) is 0.793. The van der Waals surface area contributed by atoms with E-state index in [1.54, 1.807) is 61.1 Å². The number of aromatic nitrogens is 8. The number of aliphatic hydroxyl groups is 2. The fraction of sp³-hybridized carbons (Fsp3) is 0.293. The summed E-state index contributed by atoms with van der Waals surface area (Å²) in [7, 11) is 0. The SMILES string of the molecule is C/C=C(\NC(=O)c1csc(-c2csc(-c3ccc4c(n3)-c3csc(n3)C(C(C)OC(=O)N[C@@H](C)C(=O)NCc3ccccn3)NC(=O)c3csc(n3)C(C(C)(C)O)NC(=O)c3csc(n3)/C(=C/C)NC(=O)C(C(C)O)NC(=O)c3csc-4n3)n2)n1)C(=O)NCC(C)=O.Cl. The van der Waals surface area contributed by atoms with Gasteiger partial charge in [0.05, 0.1) is 41.9 Å². The average molecular weight is 1400 g/mol. The van der Waals surface area contributed by atoms with Crippen molar-refractivity contribution < 1.29 is 58.1 Å². The topological polar surface area (TPSA) is 403 Å². The molecule has 9 rings (SSSR count). The highest BCUT2D eigenvalue weighted by atomic mass is 35.5. The van der Waals surface area contributed by atoms with Gasteiger partial charge in [0.2, 0.25) is 11.8 Å². The van der Waals surface area contributed by atoms with Crippen LogP contribution in [0.5, 0.6) is 0 Å². The number of Topliss-reactive ketones (excluding diaryl/α,β-unsaturated/α-hetero) is 1. The Labute approximate surface area is 560 Å². The Kier molecular flexibility index (Phi) is 23.0. The molecule has 0 saturated carbocycles. The highest BCUT2D eigenvalue weighted by Gasteiger charge is 2.37. The third-order valence-corrected chi connectivity index (χ3v) is 18.7. The van der Waals surface area contributed by atoms with E-state index in [1.165, 1.54) is 86.6 Å². The second kappa shape index (κ2) is 30.6. The molecule has 486 valence electrons. The lowest BCUT2D eigenvalue weighted by molar-refractivity contribution is -0.124. The summed E-state index contributed by atoms with van der Waals surface area (Å²) >= 11 is 6.39. The van der Waals surface area contributed by atoms with Crippen LogP contribution >= 0.6 is 80.4 Å². The number of carbonyl (C=O) groups excluding carboxylic acids is 9. The molecule has 8 bridgehead atoms. The van der Waals surface area contributed by atoms with Crippen LogP contribution in [0.1, 0.15) is 130 Å². The summed E-state index contributed by atoms with van der Waals surface area (Å²) in [6, 6.07) is 3.48. The lowest BCUT2D eigenvalue weighted by atomic mass is 9.99. The molecule has 0 spiro atoms. The van der Waals surface area contributed by atoms with E-state index in [4.69, 9.17) is 19.7 Å². The fourth-order valence-electron chi connectivity index (χ4n) is 8.51. The van der Waals surface area contributed by atoms with Crippen molar-refractivity contribution in [3.05, 3.63) is 130 Å². The quantitative estimate of drug-likeness (QED) is 0.0515. The number of carbonyl (C=O) groups is 9. The van der Waals surface area contributed by atoms with Crippen LogP contribution in [0.2, 0.25) is 0 Å². The third kappa shape index (κ3) is 17.2. The predicted octanol–water partition coefficient (Wildman–Crippen LogP) is 6.15. The molecule has 0 fully saturated rings. The Balaban J connectivity index is 0.0000111. The van der Waals surface area contributed by atoms with Gasteiger partial charge in [0.1, 0.15) is 112 Å². The van der Waals surface area contributed by atoms with E-state index in [1.807, 2.05) is 0 Å². The number of nitrogens with one attached hydrogen (secondary N) is 8. The Bertz CT molecular complexity index is 4190. The highest BCUT2D eigenvalue weighted by Crippen LogP contribution is 2.39. The van der Waals surface area contributed by atoms with Gasteiger partial charge < -0.3 is 57.5 Å². The molecule has 8 amide bonds. The van der Waals surface area contributed by atoms with Crippen molar-refractivity contribution in [1.82, 2.24) is 82.4 Å². The van der Waals surface area contributed by atoms with Gasteiger partial charge in [0, 0.05) is 44.0 Å². The van der Waals surface area contributed by atoms with Crippen molar-refractivity contribution in [1.29, 1.82) is 0 Å². The van der Waals surface area contributed by atoms with Gasteiger partial charge in [-0.1, -0.05) is 18.2 Å². The number of amides is 8. The number of rotatable bonds is 15. The summed E-state index contributed by atoms with van der Waals surface area (Å²) in [5.74, 6) is -5.32. The van der Waals surface area contributed by atoms with Crippen molar-refractivity contribution in [2.24, 2.45) is 0 Å². The first-order valence-electron chi connectivity index (χ1n) is 27.8. The van der Waals surface area contributed by atoms with Gasteiger partial charge in [-0.25, -0.2) is 39.7 Å². The summed E-state index contributed by atoms with van der Waals surface area (Å²) in [5.41, 5.74) is 0.0423. The van der Waals surface area contributed by atoms with E-state index in [9.17, 15) is 53.4 Å². The molecule has 28 nitrogen and oxygen atoms in total. The maximum absolute atomic E-state index is 14.6. The predicted molar refractivity (Wildman–Crippen MR) is 351 cm³/mol. The van der Waals surface area contributed by atoms with Gasteiger partial charge in [-0.05, 0) is 79.7 Å². The third-order valence-electron chi connectivity index (χ3n) is 13.3. The lowest BCUT2D eigenvalue weighted by Gasteiger charge is -2.28. The molecule has 6 atom stereocenters. The van der Waals surface area contributed by atoms with E-state index < -0.39 is 89.4 Å². The number of aliphatic hydroxyl groups excluding tert-OH is 1. The molecule has 0 radical (unpaired) electrons. The zero-order valence-corrected chi connectivity index (χ0v) is 56.1. The van der Waals surface area contributed by atoms with Gasteiger partial charge in [-0.3, -0.25) is 43.3 Å². The molecule has 10 N–H and O–H groups in total. The number of nitrogens with zero attached hydrogens (tertiary/aromatic N) is 8. The molecule has 1 aliphatic heterocycles. The molecular weight excluding hydrogens is 1340 g/mol. The number of pyridine rings is 2. The van der Waals surface area contributed by atoms with Gasteiger partial charge in [0.25, 0.3) is 29.5 Å². The minimum Gasteiger partial charge on any atom is -0.444 e. The molecule has 93 heavy (non-hydrogen) atoms. The Morgan fingerprint density at radius 1 is 0.688 bits per heavy atom. The van der Waals surface area contributed by atoms with Crippen LogP contribution in [-0.2, 0) is 30.5 Å². The number of halogens is 1. The number of ether oxygens (including phenoxy) is 1. The zero-order valence-electron chi connectivity index (χ0n) is 50.4. The van der Waals surface area contributed by atoms with Crippen molar-refractivity contribution >= 4 is 139 Å². The Hall–Kier alpha value is -9.00. The van der Waals surface area contributed by atoms with E-state index in [2.05, 4.69) is 67.5 Å². The molecule has 1 aliphatic rings. The van der Waals surface area contributed by atoms with Gasteiger partial charge >= 0.3 is 6.09 Å². The largest absolute Gasteiger partial charge is 0.444 e. The van der Waals surface area contributed by atoms with Crippen LogP contribution < -0.4 is 42.5 Å². The second-order valence-corrected chi connectivity index (χ2v) is 26.0. The van der Waals surface area contributed by atoms with Crippen LogP contribution in [0.15, 0.2) is 86.7 Å². The van der Waals surface area contributed by atoms with E-state index in [0.717, 1.165) is 56.7 Å². The van der Waals surface area contributed by atoms with Gasteiger partial charge in [-0.2, -0.15) is 0 Å². The highest BCUT2D eigenvalue weighted by molar-refractivity contribution is 7.15. The first-order valence-corrected chi connectivity index (χ1v) is 33.1. The summed E-state index contributed by atoms with van der Waals surface area (Å²) < 4.78 is 5.89. The number of hydrogen-bond acceptors (Lipinski definition) is 26. The second-order valence-electron chi connectivity index (χ2n) is 20.8. The maximum Gasteiger partial charge on any atom is 0.408 e. The summed E-state index contributed by atoms with van der Waals surface area (Å²) in [6.45, 7) is 11.5. The number of allylic oxidation sites excluding steroid dienone is 2. The number of ketones is 1. The molecule has 0 aliphatic carbocycles. The molecule has 8 aromatic rings. The number of hydrogen-bond donors (Lipinski definition) is 10. The van der Waals surface area contributed by atoms with E-state index in [0.29, 0.717) is 32.7 Å². The summed E-state index contributed by atoms with van der Waals surface area (Å²) in [5, 5.41) is 54.1. The molecule has 0 aromatic carbocycles. The van der Waals surface area contributed by atoms with Gasteiger partial charge in [-0.15, -0.1) is 80.4 Å². The first-order chi connectivity index (χ1) is 43.9. The van der Waals surface area contributed by atoms with Crippen LogP contribution in [-0.4, -0.2) is 140 Å². The Morgan fingerprint density at radius 2 is 1.29 bits per heavy atom.